The molecule has 3 heteroatoms. The van der Waals surface area contributed by atoms with E-state index in [0.717, 1.165) is 44.0 Å². The number of hydrogen-bond donors (Lipinski definition) is 1. The molecule has 0 bridgehead atoms. The summed E-state index contributed by atoms with van der Waals surface area (Å²) in [6.07, 6.45) is 4.67. The first kappa shape index (κ1) is 14.6. The van der Waals surface area contributed by atoms with Gasteiger partial charge in [-0.25, -0.2) is 0 Å². The van der Waals surface area contributed by atoms with Gasteiger partial charge in [0.15, 0.2) is 5.78 Å². The lowest BCUT2D eigenvalue weighted by atomic mass is 9.94. The van der Waals surface area contributed by atoms with Gasteiger partial charge in [0.1, 0.15) is 0 Å². The summed E-state index contributed by atoms with van der Waals surface area (Å²) in [6, 6.07) is 6.18. The number of ketones is 1. The van der Waals surface area contributed by atoms with E-state index in [-0.39, 0.29) is 11.8 Å². The van der Waals surface area contributed by atoms with Crippen LogP contribution in [0.25, 0.3) is 0 Å². The summed E-state index contributed by atoms with van der Waals surface area (Å²) in [5, 5.41) is 3.40. The van der Waals surface area contributed by atoms with Crippen molar-refractivity contribution in [3.05, 3.63) is 29.3 Å². The maximum absolute atomic E-state index is 12.7. The van der Waals surface area contributed by atoms with Crippen molar-refractivity contribution in [2.75, 3.05) is 25.0 Å². The number of anilines is 1. The molecule has 0 aliphatic carbocycles. The van der Waals surface area contributed by atoms with Gasteiger partial charge in [0.2, 0.25) is 0 Å². The van der Waals surface area contributed by atoms with Crippen LogP contribution in [-0.4, -0.2) is 36.4 Å². The summed E-state index contributed by atoms with van der Waals surface area (Å²) in [5.41, 5.74) is 3.38. The Kier molecular flexibility index (Phi) is 4.29. The van der Waals surface area contributed by atoms with E-state index in [1.54, 1.807) is 0 Å². The quantitative estimate of drug-likeness (QED) is 0.865. The third-order valence-corrected chi connectivity index (χ3v) is 5.07. The lowest BCUT2D eigenvalue weighted by Gasteiger charge is -2.34. The Morgan fingerprint density at radius 1 is 1.33 bits per heavy atom. The highest BCUT2D eigenvalue weighted by Crippen LogP contribution is 2.25. The number of hydrogen-bond acceptors (Lipinski definition) is 3. The van der Waals surface area contributed by atoms with Gasteiger partial charge in [0, 0.05) is 17.8 Å². The molecule has 114 valence electrons. The Bertz CT molecular complexity index is 518. The number of likely N-dealkylation sites (tertiary alicyclic amines) is 1. The number of benzene rings is 1. The van der Waals surface area contributed by atoms with Crippen molar-refractivity contribution in [3.8, 4) is 0 Å². The van der Waals surface area contributed by atoms with E-state index in [4.69, 9.17) is 0 Å². The summed E-state index contributed by atoms with van der Waals surface area (Å²) in [7, 11) is 0. The van der Waals surface area contributed by atoms with Crippen molar-refractivity contribution >= 4 is 11.5 Å². The summed E-state index contributed by atoms with van der Waals surface area (Å²) in [5.74, 6) is 1.08. The first-order valence-electron chi connectivity index (χ1n) is 8.30. The van der Waals surface area contributed by atoms with E-state index < -0.39 is 0 Å². The molecule has 0 amide bonds. The Hall–Kier alpha value is -1.35. The number of aryl methyl sites for hydroxylation is 1. The average Bonchev–Trinajstić information content (AvgIpc) is 2.54. The molecule has 1 fully saturated rings. The summed E-state index contributed by atoms with van der Waals surface area (Å²) < 4.78 is 0. The molecule has 1 aromatic rings. The van der Waals surface area contributed by atoms with Crippen LogP contribution in [-0.2, 0) is 6.42 Å². The van der Waals surface area contributed by atoms with Crippen LogP contribution in [0.5, 0.6) is 0 Å². The zero-order valence-electron chi connectivity index (χ0n) is 13.2. The minimum atomic E-state index is 0.00657. The third-order valence-electron chi connectivity index (χ3n) is 5.07. The molecule has 1 saturated heterocycles. The predicted octanol–water partition coefficient (Wildman–Crippen LogP) is 3.35. The predicted molar refractivity (Wildman–Crippen MR) is 87.0 cm³/mol. The fourth-order valence-electron chi connectivity index (χ4n) is 3.45. The molecule has 0 saturated carbocycles. The van der Waals surface area contributed by atoms with Gasteiger partial charge >= 0.3 is 0 Å². The van der Waals surface area contributed by atoms with Gasteiger partial charge in [-0.2, -0.15) is 0 Å². The van der Waals surface area contributed by atoms with Crippen LogP contribution in [0.15, 0.2) is 18.2 Å². The van der Waals surface area contributed by atoms with E-state index in [9.17, 15) is 4.79 Å². The number of piperidine rings is 1. The zero-order valence-corrected chi connectivity index (χ0v) is 13.2. The fraction of sp³-hybridized carbons (Fsp3) is 0.611. The maximum atomic E-state index is 12.7. The number of rotatable bonds is 3. The maximum Gasteiger partial charge on any atom is 0.179 e. The Morgan fingerprint density at radius 3 is 2.86 bits per heavy atom. The lowest BCUT2D eigenvalue weighted by Crippen LogP contribution is -2.43. The number of carbonyl (C=O) groups is 1. The van der Waals surface area contributed by atoms with E-state index >= 15 is 0 Å². The normalized spacial score (nSPS) is 21.4. The van der Waals surface area contributed by atoms with Crippen LogP contribution in [0.4, 0.5) is 5.69 Å². The van der Waals surface area contributed by atoms with Crippen molar-refractivity contribution in [1.29, 1.82) is 0 Å². The van der Waals surface area contributed by atoms with E-state index in [1.807, 2.05) is 6.07 Å². The number of Topliss-reactive ketones (excluding diaryl/α,β-unsaturated/α-hetero) is 1. The molecule has 3 nitrogen and oxygen atoms in total. The Morgan fingerprint density at radius 2 is 2.10 bits per heavy atom. The molecule has 0 spiro atoms. The van der Waals surface area contributed by atoms with E-state index in [1.165, 1.54) is 24.1 Å². The molecule has 0 aromatic heterocycles. The van der Waals surface area contributed by atoms with Crippen LogP contribution < -0.4 is 5.32 Å². The molecule has 21 heavy (non-hydrogen) atoms. The fourth-order valence-corrected chi connectivity index (χ4v) is 3.45. The highest BCUT2D eigenvalue weighted by atomic mass is 16.1. The molecule has 2 aliphatic rings. The van der Waals surface area contributed by atoms with Crippen molar-refractivity contribution in [2.45, 2.75) is 45.6 Å². The van der Waals surface area contributed by atoms with Crippen LogP contribution >= 0.6 is 0 Å². The average molecular weight is 286 g/mol. The smallest absolute Gasteiger partial charge is 0.179 e. The van der Waals surface area contributed by atoms with Gasteiger partial charge in [-0.05, 0) is 75.4 Å². The monoisotopic (exact) mass is 286 g/mol. The SMILES string of the molecule is CC1CCN(C(C)C(=O)c2ccc3c(c2)CCCN3)CC1. The Balaban J connectivity index is 1.72. The number of carbonyl (C=O) groups excluding carboxylic acids is 1. The molecule has 1 atom stereocenters. The molecule has 1 unspecified atom stereocenters. The topological polar surface area (TPSA) is 32.3 Å². The highest BCUT2D eigenvalue weighted by molar-refractivity contribution is 6.00. The number of fused-ring (bicyclic) bond motifs is 1. The van der Waals surface area contributed by atoms with Crippen LogP contribution in [0.3, 0.4) is 0 Å². The molecule has 2 heterocycles. The second kappa shape index (κ2) is 6.18. The van der Waals surface area contributed by atoms with Gasteiger partial charge in [-0.1, -0.05) is 6.92 Å². The second-order valence-corrected chi connectivity index (χ2v) is 6.66. The van der Waals surface area contributed by atoms with Gasteiger partial charge in [0.25, 0.3) is 0 Å². The standard InChI is InChI=1S/C18H26N2O/c1-13-7-10-20(11-8-13)14(2)18(21)16-5-6-17-15(12-16)4-3-9-19-17/h5-6,12-14,19H,3-4,7-11H2,1-2H3. The van der Waals surface area contributed by atoms with Crippen molar-refractivity contribution in [3.63, 3.8) is 0 Å². The van der Waals surface area contributed by atoms with Crippen molar-refractivity contribution < 1.29 is 4.79 Å². The minimum absolute atomic E-state index is 0.00657. The molecule has 1 aromatic carbocycles. The highest BCUT2D eigenvalue weighted by Gasteiger charge is 2.26. The number of nitrogens with one attached hydrogen (secondary N) is 1. The molecular weight excluding hydrogens is 260 g/mol. The molecule has 0 radical (unpaired) electrons. The molecular formula is C18H26N2O. The zero-order chi connectivity index (χ0) is 14.8. The third kappa shape index (κ3) is 3.13. The van der Waals surface area contributed by atoms with Crippen LogP contribution in [0, 0.1) is 5.92 Å². The van der Waals surface area contributed by atoms with Crippen LogP contribution in [0.1, 0.15) is 49.0 Å². The van der Waals surface area contributed by atoms with E-state index in [2.05, 4.69) is 36.2 Å². The summed E-state index contributed by atoms with van der Waals surface area (Å²) >= 11 is 0. The summed E-state index contributed by atoms with van der Waals surface area (Å²) in [4.78, 5) is 15.1. The van der Waals surface area contributed by atoms with Gasteiger partial charge in [0.05, 0.1) is 6.04 Å². The molecule has 2 aliphatic heterocycles. The van der Waals surface area contributed by atoms with E-state index in [0.29, 0.717) is 0 Å². The number of nitrogens with zero attached hydrogens (tertiary/aromatic N) is 1. The first-order valence-corrected chi connectivity index (χ1v) is 8.30. The van der Waals surface area contributed by atoms with Crippen molar-refractivity contribution in [1.82, 2.24) is 4.90 Å². The van der Waals surface area contributed by atoms with Crippen LogP contribution in [0.2, 0.25) is 0 Å². The minimum Gasteiger partial charge on any atom is -0.385 e. The molecule has 3 rings (SSSR count). The Labute approximate surface area is 127 Å². The summed E-state index contributed by atoms with van der Waals surface area (Å²) in [6.45, 7) is 7.53. The molecule has 1 N–H and O–H groups in total. The van der Waals surface area contributed by atoms with Gasteiger partial charge in [-0.3, -0.25) is 9.69 Å². The second-order valence-electron chi connectivity index (χ2n) is 6.66. The lowest BCUT2D eigenvalue weighted by molar-refractivity contribution is 0.0778. The largest absolute Gasteiger partial charge is 0.385 e. The van der Waals surface area contributed by atoms with Gasteiger partial charge in [-0.15, -0.1) is 0 Å². The first-order chi connectivity index (χ1) is 10.1. The van der Waals surface area contributed by atoms with Crippen molar-refractivity contribution in [2.24, 2.45) is 5.92 Å². The van der Waals surface area contributed by atoms with Gasteiger partial charge < -0.3 is 5.32 Å².